The maximum absolute atomic E-state index is 10.5. The molecule has 1 heterocycles. The van der Waals surface area contributed by atoms with E-state index >= 15 is 0 Å². The molecule has 0 radical (unpaired) electrons. The Morgan fingerprint density at radius 1 is 1.36 bits per heavy atom. The molecule has 0 aromatic carbocycles. The largest absolute Gasteiger partial charge is 0.462 e. The average molecular weight is 196 g/mol. The highest BCUT2D eigenvalue weighted by Crippen LogP contribution is 2.18. The molecule has 0 spiro atoms. The molecule has 0 saturated carbocycles. The Morgan fingerprint density at radius 2 is 2.07 bits per heavy atom. The van der Waals surface area contributed by atoms with Crippen LogP contribution >= 0.6 is 0 Å². The molecule has 0 bridgehead atoms. The van der Waals surface area contributed by atoms with E-state index in [1.807, 2.05) is 0 Å². The first-order valence-electron chi connectivity index (χ1n) is 5.67. The smallest absolute Gasteiger partial charge is 0.309 e. The van der Waals surface area contributed by atoms with Crippen molar-refractivity contribution in [1.29, 1.82) is 0 Å². The molecule has 1 rings (SSSR count). The van der Waals surface area contributed by atoms with Crippen LogP contribution in [0.25, 0.3) is 0 Å². The fourth-order valence-electron chi connectivity index (χ4n) is 1.55. The monoisotopic (exact) mass is 196 g/mol. The number of allylic oxidation sites excluding steroid dienone is 2. The zero-order chi connectivity index (χ0) is 10.2. The van der Waals surface area contributed by atoms with Crippen LogP contribution in [0.5, 0.6) is 0 Å². The second-order valence-electron chi connectivity index (χ2n) is 3.86. The second-order valence-corrected chi connectivity index (χ2v) is 3.86. The van der Waals surface area contributed by atoms with Crippen molar-refractivity contribution < 1.29 is 9.53 Å². The molecule has 2 nitrogen and oxygen atoms in total. The number of cyclic esters (lactones) is 1. The van der Waals surface area contributed by atoms with E-state index < -0.39 is 0 Å². The molecule has 1 saturated heterocycles. The lowest BCUT2D eigenvalue weighted by Gasteiger charge is -2.24. The van der Waals surface area contributed by atoms with Crippen molar-refractivity contribution in [2.45, 2.75) is 58.0 Å². The number of rotatable bonds is 7. The highest BCUT2D eigenvalue weighted by molar-refractivity contribution is 5.75. The molecular weight excluding hydrogens is 176 g/mol. The minimum atomic E-state index is -0.0399. The Morgan fingerprint density at radius 3 is 2.71 bits per heavy atom. The van der Waals surface area contributed by atoms with E-state index in [0.29, 0.717) is 6.42 Å². The molecule has 0 amide bonds. The summed E-state index contributed by atoms with van der Waals surface area (Å²) in [5, 5.41) is 0. The van der Waals surface area contributed by atoms with Crippen LogP contribution in [0.15, 0.2) is 12.2 Å². The summed E-state index contributed by atoms with van der Waals surface area (Å²) in [7, 11) is 0. The van der Waals surface area contributed by atoms with Crippen molar-refractivity contribution in [2.75, 3.05) is 0 Å². The topological polar surface area (TPSA) is 26.3 Å². The Hall–Kier alpha value is -0.790. The van der Waals surface area contributed by atoms with Gasteiger partial charge in [-0.25, -0.2) is 0 Å². The number of hydrogen-bond donors (Lipinski definition) is 0. The van der Waals surface area contributed by atoms with E-state index in [-0.39, 0.29) is 12.1 Å². The zero-order valence-corrected chi connectivity index (χ0v) is 9.00. The minimum absolute atomic E-state index is 0.0399. The number of ether oxygens (including phenoxy) is 1. The Bertz CT molecular complexity index is 188. The highest BCUT2D eigenvalue weighted by atomic mass is 16.6. The molecular formula is C12H20O2. The molecule has 0 aromatic heterocycles. The van der Waals surface area contributed by atoms with E-state index in [0.717, 1.165) is 12.8 Å². The van der Waals surface area contributed by atoms with Gasteiger partial charge in [-0.05, 0) is 25.7 Å². The molecule has 0 N–H and O–H groups in total. The van der Waals surface area contributed by atoms with E-state index in [2.05, 4.69) is 19.1 Å². The van der Waals surface area contributed by atoms with Gasteiger partial charge in [0.05, 0.1) is 6.42 Å². The fraction of sp³-hybridized carbons (Fsp3) is 0.750. The van der Waals surface area contributed by atoms with Gasteiger partial charge in [-0.3, -0.25) is 4.79 Å². The van der Waals surface area contributed by atoms with E-state index in [9.17, 15) is 4.79 Å². The van der Waals surface area contributed by atoms with Gasteiger partial charge < -0.3 is 4.74 Å². The Labute approximate surface area is 86.3 Å². The predicted molar refractivity (Wildman–Crippen MR) is 57.0 cm³/mol. The van der Waals surface area contributed by atoms with Crippen molar-refractivity contribution in [1.82, 2.24) is 0 Å². The van der Waals surface area contributed by atoms with Crippen molar-refractivity contribution in [3.05, 3.63) is 12.2 Å². The summed E-state index contributed by atoms with van der Waals surface area (Å²) in [5.41, 5.74) is 0. The summed E-state index contributed by atoms with van der Waals surface area (Å²) in [6.07, 6.45) is 12.4. The molecule has 1 atom stereocenters. The van der Waals surface area contributed by atoms with Gasteiger partial charge in [0.2, 0.25) is 0 Å². The normalized spacial score (nSPS) is 20.9. The third-order valence-corrected chi connectivity index (χ3v) is 2.49. The van der Waals surface area contributed by atoms with Gasteiger partial charge in [0.25, 0.3) is 0 Å². The van der Waals surface area contributed by atoms with Crippen LogP contribution < -0.4 is 0 Å². The van der Waals surface area contributed by atoms with E-state index in [1.54, 1.807) is 0 Å². The summed E-state index contributed by atoms with van der Waals surface area (Å²) >= 11 is 0. The molecule has 80 valence electrons. The number of carbonyl (C=O) groups excluding carboxylic acids is 1. The molecule has 1 aliphatic heterocycles. The third kappa shape index (κ3) is 4.45. The van der Waals surface area contributed by atoms with E-state index in [4.69, 9.17) is 4.74 Å². The number of esters is 1. The van der Waals surface area contributed by atoms with Crippen LogP contribution in [0.3, 0.4) is 0 Å². The van der Waals surface area contributed by atoms with Crippen molar-refractivity contribution >= 4 is 5.97 Å². The van der Waals surface area contributed by atoms with Gasteiger partial charge in [-0.15, -0.1) is 0 Å². The third-order valence-electron chi connectivity index (χ3n) is 2.49. The molecule has 0 unspecified atom stereocenters. The van der Waals surface area contributed by atoms with Crippen LogP contribution in [0.2, 0.25) is 0 Å². The highest BCUT2D eigenvalue weighted by Gasteiger charge is 2.26. The van der Waals surface area contributed by atoms with Crippen molar-refractivity contribution in [2.24, 2.45) is 0 Å². The standard InChI is InChI=1S/C12H20O2/c1-2-3-4-5-6-7-8-9-11-10-12(13)14-11/h6-7,11H,2-5,8-10H2,1H3/b7-6-/t11-/m1/s1. The van der Waals surface area contributed by atoms with Crippen molar-refractivity contribution in [3.8, 4) is 0 Å². The molecule has 0 aliphatic carbocycles. The Balaban J connectivity index is 1.85. The quantitative estimate of drug-likeness (QED) is 0.355. The van der Waals surface area contributed by atoms with Crippen LogP contribution in [-0.2, 0) is 9.53 Å². The van der Waals surface area contributed by atoms with Crippen LogP contribution in [0.1, 0.15) is 51.9 Å². The first-order chi connectivity index (χ1) is 6.83. The summed E-state index contributed by atoms with van der Waals surface area (Å²) in [5.74, 6) is -0.0399. The average Bonchev–Trinajstić information content (AvgIpc) is 2.13. The predicted octanol–water partition coefficient (Wildman–Crippen LogP) is 3.22. The van der Waals surface area contributed by atoms with Crippen LogP contribution in [0.4, 0.5) is 0 Å². The second kappa shape index (κ2) is 6.63. The van der Waals surface area contributed by atoms with Crippen LogP contribution in [-0.4, -0.2) is 12.1 Å². The van der Waals surface area contributed by atoms with Gasteiger partial charge in [-0.1, -0.05) is 31.9 Å². The molecule has 1 aliphatic rings. The fourth-order valence-corrected chi connectivity index (χ4v) is 1.55. The summed E-state index contributed by atoms with van der Waals surface area (Å²) in [6.45, 7) is 2.22. The molecule has 0 aromatic rings. The Kier molecular flexibility index (Phi) is 5.35. The van der Waals surface area contributed by atoms with E-state index in [1.165, 1.54) is 25.7 Å². The van der Waals surface area contributed by atoms with Gasteiger partial charge in [0.15, 0.2) is 0 Å². The first kappa shape index (κ1) is 11.3. The molecule has 2 heteroatoms. The number of carbonyl (C=O) groups is 1. The lowest BCUT2D eigenvalue weighted by Crippen LogP contribution is -2.32. The van der Waals surface area contributed by atoms with Gasteiger partial charge in [0, 0.05) is 0 Å². The van der Waals surface area contributed by atoms with Crippen molar-refractivity contribution in [3.63, 3.8) is 0 Å². The maximum atomic E-state index is 10.5. The molecule has 14 heavy (non-hydrogen) atoms. The number of unbranched alkanes of at least 4 members (excludes halogenated alkanes) is 3. The SMILES string of the molecule is CCCCC/C=C\CC[C@@H]1CC(=O)O1. The molecule has 1 fully saturated rings. The minimum Gasteiger partial charge on any atom is -0.462 e. The van der Waals surface area contributed by atoms with Crippen LogP contribution in [0, 0.1) is 0 Å². The van der Waals surface area contributed by atoms with Gasteiger partial charge in [0.1, 0.15) is 6.10 Å². The summed E-state index contributed by atoms with van der Waals surface area (Å²) in [4.78, 5) is 10.5. The van der Waals surface area contributed by atoms with Gasteiger partial charge >= 0.3 is 5.97 Å². The lowest BCUT2D eigenvalue weighted by molar-refractivity contribution is -0.169. The zero-order valence-electron chi connectivity index (χ0n) is 9.00. The number of hydrogen-bond acceptors (Lipinski definition) is 2. The first-order valence-corrected chi connectivity index (χ1v) is 5.67. The summed E-state index contributed by atoms with van der Waals surface area (Å²) in [6, 6.07) is 0. The maximum Gasteiger partial charge on any atom is 0.309 e. The van der Waals surface area contributed by atoms with Gasteiger partial charge in [-0.2, -0.15) is 0 Å². The lowest BCUT2D eigenvalue weighted by atomic mass is 10.1. The summed E-state index contributed by atoms with van der Waals surface area (Å²) < 4.78 is 4.91.